The summed E-state index contributed by atoms with van der Waals surface area (Å²) in [5.41, 5.74) is 8.26. The minimum Gasteiger partial charge on any atom is -0.381 e. The van der Waals surface area contributed by atoms with Crippen LogP contribution in [-0.4, -0.2) is 31.8 Å². The van der Waals surface area contributed by atoms with Gasteiger partial charge in [-0.1, -0.05) is 24.3 Å². The molecule has 3 N–H and O–H groups in total. The number of carbonyl (C=O) groups is 1. The SMILES string of the molecule is CCOCc1ccccc1CNC(=O)C(N)C1CCOCC1.Cl. The van der Waals surface area contributed by atoms with Gasteiger partial charge in [-0.05, 0) is 36.8 Å². The van der Waals surface area contributed by atoms with Crippen LogP contribution in [0, 0.1) is 5.92 Å². The summed E-state index contributed by atoms with van der Waals surface area (Å²) in [4.78, 5) is 12.2. The number of nitrogens with one attached hydrogen (secondary N) is 1. The van der Waals surface area contributed by atoms with Gasteiger partial charge >= 0.3 is 0 Å². The zero-order valence-corrected chi connectivity index (χ0v) is 14.4. The molecule has 5 nitrogen and oxygen atoms in total. The van der Waals surface area contributed by atoms with E-state index in [0.717, 1.165) is 24.0 Å². The molecule has 130 valence electrons. The molecule has 0 aromatic heterocycles. The minimum atomic E-state index is -0.456. The van der Waals surface area contributed by atoms with Crippen LogP contribution in [0.15, 0.2) is 24.3 Å². The number of benzene rings is 1. The Balaban J connectivity index is 0.00000264. The molecule has 1 saturated heterocycles. The van der Waals surface area contributed by atoms with Crippen molar-refractivity contribution in [1.29, 1.82) is 0 Å². The summed E-state index contributed by atoms with van der Waals surface area (Å²) in [7, 11) is 0. The molecule has 1 amide bonds. The molecule has 1 aliphatic heterocycles. The van der Waals surface area contributed by atoms with Gasteiger partial charge < -0.3 is 20.5 Å². The Morgan fingerprint density at radius 3 is 2.65 bits per heavy atom. The van der Waals surface area contributed by atoms with Crippen LogP contribution in [0.5, 0.6) is 0 Å². The van der Waals surface area contributed by atoms with Crippen molar-refractivity contribution in [2.75, 3.05) is 19.8 Å². The standard InChI is InChI=1S/C17H26N2O3.ClH/c1-2-21-12-15-6-4-3-5-14(15)11-19-17(20)16(18)13-7-9-22-10-8-13;/h3-6,13,16H,2,7-12,18H2,1H3,(H,19,20);1H. The first kappa shape index (κ1) is 19.9. The Hall–Kier alpha value is -1.14. The van der Waals surface area contributed by atoms with E-state index >= 15 is 0 Å². The molecule has 0 spiro atoms. The number of hydrogen-bond donors (Lipinski definition) is 2. The normalized spacial score (nSPS) is 16.4. The van der Waals surface area contributed by atoms with Gasteiger partial charge in [0.05, 0.1) is 12.6 Å². The molecule has 1 fully saturated rings. The molecule has 0 aliphatic carbocycles. The second-order valence-corrected chi connectivity index (χ2v) is 5.60. The first-order chi connectivity index (χ1) is 10.7. The molecule has 1 unspecified atom stereocenters. The fourth-order valence-electron chi connectivity index (χ4n) is 2.67. The van der Waals surface area contributed by atoms with E-state index in [9.17, 15) is 4.79 Å². The van der Waals surface area contributed by atoms with Crippen LogP contribution in [0.25, 0.3) is 0 Å². The molecule has 6 heteroatoms. The zero-order chi connectivity index (χ0) is 15.8. The van der Waals surface area contributed by atoms with E-state index in [1.54, 1.807) is 0 Å². The van der Waals surface area contributed by atoms with Gasteiger partial charge in [0.2, 0.25) is 5.91 Å². The molecule has 1 heterocycles. The van der Waals surface area contributed by atoms with Crippen LogP contribution in [0.3, 0.4) is 0 Å². The van der Waals surface area contributed by atoms with Crippen molar-refractivity contribution in [2.24, 2.45) is 11.7 Å². The van der Waals surface area contributed by atoms with E-state index in [1.807, 2.05) is 31.2 Å². The molecule has 2 rings (SSSR count). The Morgan fingerprint density at radius 2 is 2.00 bits per heavy atom. The predicted molar refractivity (Wildman–Crippen MR) is 92.4 cm³/mol. The van der Waals surface area contributed by atoms with Crippen molar-refractivity contribution < 1.29 is 14.3 Å². The average molecular weight is 343 g/mol. The lowest BCUT2D eigenvalue weighted by atomic mass is 9.92. The van der Waals surface area contributed by atoms with Crippen molar-refractivity contribution in [2.45, 2.75) is 39.0 Å². The second kappa shape index (κ2) is 10.6. The van der Waals surface area contributed by atoms with Gasteiger partial charge in [-0.2, -0.15) is 0 Å². The van der Waals surface area contributed by atoms with Crippen LogP contribution in [0.2, 0.25) is 0 Å². The molecule has 1 aliphatic rings. The van der Waals surface area contributed by atoms with Crippen LogP contribution in [0.4, 0.5) is 0 Å². The largest absolute Gasteiger partial charge is 0.381 e. The summed E-state index contributed by atoms with van der Waals surface area (Å²) in [5, 5.41) is 2.95. The number of halogens is 1. The highest BCUT2D eigenvalue weighted by Crippen LogP contribution is 2.18. The number of nitrogens with two attached hydrogens (primary N) is 1. The third-order valence-corrected chi connectivity index (χ3v) is 4.11. The number of hydrogen-bond acceptors (Lipinski definition) is 4. The van der Waals surface area contributed by atoms with E-state index in [0.29, 0.717) is 33.0 Å². The van der Waals surface area contributed by atoms with Gasteiger partial charge in [0, 0.05) is 26.4 Å². The Morgan fingerprint density at radius 1 is 1.35 bits per heavy atom. The summed E-state index contributed by atoms with van der Waals surface area (Å²) in [6, 6.07) is 7.52. The summed E-state index contributed by atoms with van der Waals surface area (Å²) in [5.74, 6) is 0.130. The molecule has 1 atom stereocenters. The van der Waals surface area contributed by atoms with Crippen molar-refractivity contribution in [3.63, 3.8) is 0 Å². The fraction of sp³-hybridized carbons (Fsp3) is 0.588. The highest BCUT2D eigenvalue weighted by molar-refractivity contribution is 5.85. The van der Waals surface area contributed by atoms with Gasteiger partial charge in [-0.25, -0.2) is 0 Å². The quantitative estimate of drug-likeness (QED) is 0.795. The van der Waals surface area contributed by atoms with Gasteiger partial charge in [0.25, 0.3) is 0 Å². The zero-order valence-electron chi connectivity index (χ0n) is 13.6. The van der Waals surface area contributed by atoms with E-state index < -0.39 is 6.04 Å². The van der Waals surface area contributed by atoms with Gasteiger partial charge in [0.15, 0.2) is 0 Å². The number of rotatable bonds is 7. The number of ether oxygens (including phenoxy) is 2. The van der Waals surface area contributed by atoms with Crippen molar-refractivity contribution in [3.05, 3.63) is 35.4 Å². The topological polar surface area (TPSA) is 73.6 Å². The lowest BCUT2D eigenvalue weighted by Crippen LogP contribution is -2.46. The summed E-state index contributed by atoms with van der Waals surface area (Å²) in [6.07, 6.45) is 1.71. The molecule has 23 heavy (non-hydrogen) atoms. The number of carbonyl (C=O) groups excluding carboxylic acids is 1. The molecular weight excluding hydrogens is 316 g/mol. The maximum absolute atomic E-state index is 12.2. The van der Waals surface area contributed by atoms with E-state index in [-0.39, 0.29) is 24.2 Å². The molecule has 1 aromatic rings. The van der Waals surface area contributed by atoms with E-state index in [2.05, 4.69) is 5.32 Å². The summed E-state index contributed by atoms with van der Waals surface area (Å²) < 4.78 is 10.8. The summed E-state index contributed by atoms with van der Waals surface area (Å²) in [6.45, 7) is 5.09. The van der Waals surface area contributed by atoms with E-state index in [4.69, 9.17) is 15.2 Å². The highest BCUT2D eigenvalue weighted by Gasteiger charge is 2.26. The predicted octanol–water partition coefficient (Wildman–Crippen LogP) is 2.02. The van der Waals surface area contributed by atoms with E-state index in [1.165, 1.54) is 0 Å². The van der Waals surface area contributed by atoms with Gasteiger partial charge in [-0.15, -0.1) is 12.4 Å². The van der Waals surface area contributed by atoms with Crippen molar-refractivity contribution in [1.82, 2.24) is 5.32 Å². The smallest absolute Gasteiger partial charge is 0.237 e. The Kier molecular flexibility index (Phi) is 9.17. The van der Waals surface area contributed by atoms with Gasteiger partial charge in [0.1, 0.15) is 0 Å². The maximum Gasteiger partial charge on any atom is 0.237 e. The second-order valence-electron chi connectivity index (χ2n) is 5.60. The van der Waals surface area contributed by atoms with Crippen LogP contribution in [0.1, 0.15) is 30.9 Å². The first-order valence-corrected chi connectivity index (χ1v) is 7.98. The van der Waals surface area contributed by atoms with Gasteiger partial charge in [-0.3, -0.25) is 4.79 Å². The highest BCUT2D eigenvalue weighted by atomic mass is 35.5. The van der Waals surface area contributed by atoms with Crippen LogP contribution < -0.4 is 11.1 Å². The molecule has 0 radical (unpaired) electrons. The van der Waals surface area contributed by atoms with Crippen LogP contribution in [-0.2, 0) is 27.4 Å². The van der Waals surface area contributed by atoms with Crippen LogP contribution >= 0.6 is 12.4 Å². The fourth-order valence-corrected chi connectivity index (χ4v) is 2.67. The molecule has 1 aromatic carbocycles. The third-order valence-electron chi connectivity index (χ3n) is 4.11. The lowest BCUT2D eigenvalue weighted by Gasteiger charge is -2.26. The summed E-state index contributed by atoms with van der Waals surface area (Å²) >= 11 is 0. The third kappa shape index (κ3) is 6.11. The molecular formula is C17H27ClN2O3. The Labute approximate surface area is 144 Å². The first-order valence-electron chi connectivity index (χ1n) is 7.98. The molecule has 0 bridgehead atoms. The Bertz CT molecular complexity index is 479. The maximum atomic E-state index is 12.2. The average Bonchev–Trinajstić information content (AvgIpc) is 2.58. The minimum absolute atomic E-state index is 0. The molecule has 0 saturated carbocycles. The number of amides is 1. The monoisotopic (exact) mass is 342 g/mol. The van der Waals surface area contributed by atoms with Crippen molar-refractivity contribution >= 4 is 18.3 Å². The van der Waals surface area contributed by atoms with Crippen molar-refractivity contribution in [3.8, 4) is 0 Å². The lowest BCUT2D eigenvalue weighted by molar-refractivity contribution is -0.124.